The Bertz CT molecular complexity index is 262. The van der Waals surface area contributed by atoms with E-state index in [0.29, 0.717) is 14.5 Å². The summed E-state index contributed by atoms with van der Waals surface area (Å²) in [5.41, 5.74) is 1.58. The molecule has 1 aromatic heterocycles. The summed E-state index contributed by atoms with van der Waals surface area (Å²) in [6.45, 7) is 2.26. The molecule has 1 heterocycles. The van der Waals surface area contributed by atoms with E-state index in [2.05, 4.69) is 35.7 Å². The first-order valence-electron chi connectivity index (χ1n) is 5.14. The van der Waals surface area contributed by atoms with Gasteiger partial charge in [-0.1, -0.05) is 0 Å². The average molecular weight is 273 g/mol. The molecule has 0 aliphatic rings. The molecule has 0 saturated heterocycles. The van der Waals surface area contributed by atoms with Crippen LogP contribution in [0.1, 0.15) is 37.0 Å². The zero-order valence-corrected chi connectivity index (χ0v) is 11.5. The van der Waals surface area contributed by atoms with Crippen LogP contribution in [0.3, 0.4) is 0 Å². The number of thioether (sulfide) groups is 1. The van der Waals surface area contributed by atoms with Gasteiger partial charge in [0.05, 0.1) is 0 Å². The van der Waals surface area contributed by atoms with Crippen LogP contribution in [0.15, 0.2) is 22.5 Å². The van der Waals surface area contributed by atoms with E-state index in [1.807, 2.05) is 11.8 Å². The molecule has 0 radical (unpaired) electrons. The Morgan fingerprint density at radius 1 is 1.50 bits per heavy atom. The van der Waals surface area contributed by atoms with Gasteiger partial charge in [-0.05, 0) is 0 Å². The molecule has 0 atom stereocenters. The number of unbranched alkanes of at least 4 members (excludes halogenated alkanes) is 2. The van der Waals surface area contributed by atoms with Crippen LogP contribution in [0.4, 0.5) is 0 Å². The fourth-order valence-electron chi connectivity index (χ4n) is 1.41. The molecule has 0 aliphatic heterocycles. The van der Waals surface area contributed by atoms with Crippen molar-refractivity contribution in [3.63, 3.8) is 0 Å². The first-order valence-corrected chi connectivity index (χ1v) is 8.27. The average Bonchev–Trinajstić information content (AvgIpc) is 2.70. The van der Waals surface area contributed by atoms with E-state index in [4.69, 9.17) is 0 Å². The van der Waals surface area contributed by atoms with E-state index in [9.17, 15) is 0 Å². The predicted octanol–water partition coefficient (Wildman–Crippen LogP) is 4.03. The second-order valence-electron chi connectivity index (χ2n) is 3.31. The second kappa shape index (κ2) is 7.39. The molecule has 0 aromatic carbocycles. The first-order chi connectivity index (χ1) is 6.88. The van der Waals surface area contributed by atoms with Crippen molar-refractivity contribution in [2.75, 3.05) is 6.26 Å². The normalized spacial score (nSPS) is 12.0. The Morgan fingerprint density at radius 3 is 2.93 bits per heavy atom. The standard InChI is InChI=1S/C12H18SSe/c1-3-4-5-7-11(10-13-2)12-8-6-9-14-12/h6,8-10H,3-5,7H2,1-2H3/b11-10-. The zero-order valence-electron chi connectivity index (χ0n) is 8.95. The van der Waals surface area contributed by atoms with Crippen LogP contribution in [-0.4, -0.2) is 20.8 Å². The molecule has 0 fully saturated rings. The van der Waals surface area contributed by atoms with Crippen molar-refractivity contribution in [2.24, 2.45) is 0 Å². The van der Waals surface area contributed by atoms with Gasteiger partial charge in [-0.25, -0.2) is 0 Å². The third-order valence-electron chi connectivity index (χ3n) is 2.15. The van der Waals surface area contributed by atoms with Gasteiger partial charge >= 0.3 is 97.6 Å². The van der Waals surface area contributed by atoms with Gasteiger partial charge in [0.15, 0.2) is 0 Å². The molecule has 0 amide bonds. The van der Waals surface area contributed by atoms with Crippen molar-refractivity contribution in [1.82, 2.24) is 0 Å². The monoisotopic (exact) mass is 274 g/mol. The third kappa shape index (κ3) is 4.08. The molecule has 0 unspecified atom stereocenters. The van der Waals surface area contributed by atoms with Gasteiger partial charge < -0.3 is 0 Å². The van der Waals surface area contributed by atoms with Gasteiger partial charge in [0.2, 0.25) is 0 Å². The third-order valence-corrected chi connectivity index (χ3v) is 4.65. The quantitative estimate of drug-likeness (QED) is 0.557. The molecule has 14 heavy (non-hydrogen) atoms. The molecule has 1 rings (SSSR count). The minimum absolute atomic E-state index is 0.605. The first kappa shape index (κ1) is 12.2. The van der Waals surface area contributed by atoms with Gasteiger partial charge in [0.1, 0.15) is 0 Å². The van der Waals surface area contributed by atoms with Crippen molar-refractivity contribution in [3.8, 4) is 0 Å². The molecule has 1 aromatic rings. The summed E-state index contributed by atoms with van der Waals surface area (Å²) in [4.78, 5) is 2.30. The number of hydrogen-bond acceptors (Lipinski definition) is 1. The van der Waals surface area contributed by atoms with Crippen LogP contribution in [0.25, 0.3) is 5.57 Å². The fraction of sp³-hybridized carbons (Fsp3) is 0.500. The van der Waals surface area contributed by atoms with Crippen LogP contribution in [0.2, 0.25) is 0 Å². The fourth-order valence-corrected chi connectivity index (χ4v) is 3.73. The zero-order chi connectivity index (χ0) is 10.2. The topological polar surface area (TPSA) is 0 Å². The number of hydrogen-bond donors (Lipinski definition) is 0. The molecule has 0 saturated carbocycles. The van der Waals surface area contributed by atoms with Gasteiger partial charge in [0.25, 0.3) is 0 Å². The molecule has 0 N–H and O–H groups in total. The van der Waals surface area contributed by atoms with Gasteiger partial charge in [-0.15, -0.1) is 0 Å². The van der Waals surface area contributed by atoms with Gasteiger partial charge in [-0.3, -0.25) is 0 Å². The predicted molar refractivity (Wildman–Crippen MR) is 69.0 cm³/mol. The summed E-state index contributed by atoms with van der Waals surface area (Å²) in [6.07, 6.45) is 7.43. The van der Waals surface area contributed by atoms with Crippen molar-refractivity contribution < 1.29 is 0 Å². The summed E-state index contributed by atoms with van der Waals surface area (Å²) in [6, 6.07) is 4.48. The number of allylic oxidation sites excluding steroid dienone is 1. The van der Waals surface area contributed by atoms with E-state index in [0.717, 1.165) is 0 Å². The minimum atomic E-state index is 0.605. The number of rotatable bonds is 6. The molecule has 78 valence electrons. The maximum absolute atomic E-state index is 2.33. The van der Waals surface area contributed by atoms with Crippen LogP contribution in [0.5, 0.6) is 0 Å². The Hall–Kier alpha value is 0.0895. The summed E-state index contributed by atoms with van der Waals surface area (Å²) in [5, 5.41) is 2.33. The van der Waals surface area contributed by atoms with Crippen LogP contribution in [0, 0.1) is 0 Å². The van der Waals surface area contributed by atoms with Crippen LogP contribution in [-0.2, 0) is 0 Å². The van der Waals surface area contributed by atoms with Crippen LogP contribution < -0.4 is 0 Å². The maximum atomic E-state index is 2.33. The van der Waals surface area contributed by atoms with E-state index in [-0.39, 0.29) is 0 Å². The summed E-state index contributed by atoms with van der Waals surface area (Å²) < 4.78 is 1.59. The molecule has 2 heteroatoms. The molecule has 0 nitrogen and oxygen atoms in total. The molecule has 0 bridgehead atoms. The van der Waals surface area contributed by atoms with Crippen molar-refractivity contribution in [1.29, 1.82) is 0 Å². The Kier molecular flexibility index (Phi) is 6.42. The Labute approximate surface area is 97.5 Å². The summed E-state index contributed by atoms with van der Waals surface area (Å²) in [5.74, 6) is 0. The Balaban J connectivity index is 2.53. The molecular weight excluding hydrogens is 255 g/mol. The van der Waals surface area contributed by atoms with Crippen molar-refractivity contribution >= 4 is 31.8 Å². The van der Waals surface area contributed by atoms with Gasteiger partial charge in [0, 0.05) is 0 Å². The SMILES string of the molecule is CCCCC/C(=C/SC)c1ccc[se]1. The van der Waals surface area contributed by atoms with E-state index >= 15 is 0 Å². The molecule has 0 spiro atoms. The van der Waals surface area contributed by atoms with Crippen LogP contribution >= 0.6 is 11.8 Å². The summed E-state index contributed by atoms with van der Waals surface area (Å²) in [7, 11) is 0. The van der Waals surface area contributed by atoms with Crippen molar-refractivity contribution in [2.45, 2.75) is 32.6 Å². The second-order valence-corrected chi connectivity index (χ2v) is 6.01. The van der Waals surface area contributed by atoms with Crippen molar-refractivity contribution in [3.05, 3.63) is 26.9 Å². The molecular formula is C12H18SSe. The van der Waals surface area contributed by atoms with Gasteiger partial charge in [-0.2, -0.15) is 0 Å². The Morgan fingerprint density at radius 2 is 2.36 bits per heavy atom. The molecule has 0 aliphatic carbocycles. The van der Waals surface area contributed by atoms with E-state index < -0.39 is 0 Å². The van der Waals surface area contributed by atoms with E-state index in [1.165, 1.54) is 25.7 Å². The van der Waals surface area contributed by atoms with E-state index in [1.54, 1.807) is 10.0 Å². The summed E-state index contributed by atoms with van der Waals surface area (Å²) >= 11 is 2.44.